The maximum Gasteiger partial charge on any atom is 0.219 e. The van der Waals surface area contributed by atoms with Crippen molar-refractivity contribution in [3.05, 3.63) is 0 Å². The van der Waals surface area contributed by atoms with Gasteiger partial charge in [0, 0.05) is 0 Å². The molecule has 1 unspecified atom stereocenters. The maximum absolute atomic E-state index is 10.1. The lowest BCUT2D eigenvalue weighted by molar-refractivity contribution is -0.332. The second-order valence-electron chi connectivity index (χ2n) is 5.63. The van der Waals surface area contributed by atoms with Crippen molar-refractivity contribution in [1.29, 1.82) is 0 Å². The van der Waals surface area contributed by atoms with Crippen LogP contribution in [-0.2, 0) is 14.2 Å². The average molecular weight is 342 g/mol. The zero-order valence-electron chi connectivity index (χ0n) is 12.0. The highest BCUT2D eigenvalue weighted by Crippen LogP contribution is 2.31. The second kappa shape index (κ2) is 7.21. The van der Waals surface area contributed by atoms with Gasteiger partial charge in [-0.2, -0.15) is 0 Å². The topological polar surface area (TPSA) is 190 Å². The van der Waals surface area contributed by atoms with Gasteiger partial charge in [-0.05, 0) is 0 Å². The van der Waals surface area contributed by atoms with Crippen molar-refractivity contribution in [2.45, 2.75) is 54.8 Å². The molecule has 0 amide bonds. The van der Waals surface area contributed by atoms with E-state index in [9.17, 15) is 30.6 Å². The number of hydrogen-bond acceptors (Lipinski definition) is 11. The number of hydrogen-bond donors (Lipinski definition) is 8. The van der Waals surface area contributed by atoms with Crippen LogP contribution < -0.4 is 0 Å². The number of rotatable bonds is 5. The molecule has 2 aliphatic rings. The van der Waals surface area contributed by atoms with Crippen LogP contribution in [0.25, 0.3) is 0 Å². The lowest BCUT2D eigenvalue weighted by Gasteiger charge is -2.40. The van der Waals surface area contributed by atoms with Crippen LogP contribution in [0, 0.1) is 0 Å². The first-order chi connectivity index (χ1) is 10.7. The molecule has 0 saturated carbocycles. The molecular formula is C12H22O11. The highest BCUT2D eigenvalue weighted by atomic mass is 16.7. The Morgan fingerprint density at radius 3 is 1.96 bits per heavy atom. The van der Waals surface area contributed by atoms with Gasteiger partial charge in [0.15, 0.2) is 6.29 Å². The van der Waals surface area contributed by atoms with Crippen molar-refractivity contribution >= 4 is 0 Å². The summed E-state index contributed by atoms with van der Waals surface area (Å²) in [4.78, 5) is 0. The normalized spacial score (nSPS) is 51.1. The fourth-order valence-electron chi connectivity index (χ4n) is 2.54. The van der Waals surface area contributed by atoms with Crippen LogP contribution in [0.1, 0.15) is 0 Å². The summed E-state index contributed by atoms with van der Waals surface area (Å²) in [6.45, 7) is -2.08. The van der Waals surface area contributed by atoms with E-state index in [1.165, 1.54) is 0 Å². The highest BCUT2D eigenvalue weighted by Gasteiger charge is 2.54. The number of aliphatic hydroxyl groups excluding tert-OH is 7. The van der Waals surface area contributed by atoms with Crippen molar-refractivity contribution in [2.75, 3.05) is 19.8 Å². The summed E-state index contributed by atoms with van der Waals surface area (Å²) < 4.78 is 15.1. The summed E-state index contributed by atoms with van der Waals surface area (Å²) >= 11 is 0. The Bertz CT molecular complexity index is 393. The van der Waals surface area contributed by atoms with Gasteiger partial charge in [0.2, 0.25) is 5.79 Å². The van der Waals surface area contributed by atoms with Gasteiger partial charge in [-0.25, -0.2) is 0 Å². The fourth-order valence-corrected chi connectivity index (χ4v) is 2.54. The van der Waals surface area contributed by atoms with Crippen LogP contribution >= 0.6 is 0 Å². The van der Waals surface area contributed by atoms with Crippen LogP contribution in [0.5, 0.6) is 0 Å². The molecule has 2 heterocycles. The fraction of sp³-hybridized carbons (Fsp3) is 1.00. The molecule has 136 valence electrons. The quantitative estimate of drug-likeness (QED) is 0.238. The molecule has 0 bridgehead atoms. The molecule has 2 aliphatic heterocycles. The Morgan fingerprint density at radius 1 is 0.826 bits per heavy atom. The smallest absolute Gasteiger partial charge is 0.219 e. The Labute approximate surface area is 130 Å². The molecule has 0 aromatic rings. The van der Waals surface area contributed by atoms with Crippen LogP contribution in [0.15, 0.2) is 0 Å². The zero-order chi connectivity index (χ0) is 17.4. The van der Waals surface area contributed by atoms with Crippen LogP contribution in [0.2, 0.25) is 0 Å². The molecule has 11 heteroatoms. The van der Waals surface area contributed by atoms with E-state index in [-0.39, 0.29) is 0 Å². The third-order valence-corrected chi connectivity index (χ3v) is 4.00. The Kier molecular flexibility index (Phi) is 5.92. The molecule has 11 nitrogen and oxygen atoms in total. The van der Waals surface area contributed by atoms with Crippen LogP contribution in [-0.4, -0.2) is 115 Å². The molecule has 9 atom stereocenters. The Hall–Kier alpha value is -0.440. The van der Waals surface area contributed by atoms with E-state index in [1.54, 1.807) is 0 Å². The summed E-state index contributed by atoms with van der Waals surface area (Å²) in [6, 6.07) is 0. The molecule has 0 aliphatic carbocycles. The summed E-state index contributed by atoms with van der Waals surface area (Å²) in [6.07, 6.45) is -12.2. The first kappa shape index (κ1) is 18.9. The third-order valence-electron chi connectivity index (χ3n) is 4.00. The van der Waals surface area contributed by atoms with Crippen LogP contribution in [0.4, 0.5) is 0 Å². The summed E-state index contributed by atoms with van der Waals surface area (Å²) in [5.41, 5.74) is 0. The SMILES string of the molecule is OC[C@H]1O[C@@](O)(COC2O[C@H](CO)[C@@H](O)[C@H](O)[C@H]2O)[C@@H](O)[C@@H]1O. The van der Waals surface area contributed by atoms with Gasteiger partial charge in [-0.1, -0.05) is 0 Å². The Morgan fingerprint density at radius 2 is 1.43 bits per heavy atom. The van der Waals surface area contributed by atoms with Gasteiger partial charge in [0.05, 0.1) is 13.2 Å². The van der Waals surface area contributed by atoms with E-state index >= 15 is 0 Å². The molecule has 8 N–H and O–H groups in total. The highest BCUT2D eigenvalue weighted by molar-refractivity contribution is 4.96. The van der Waals surface area contributed by atoms with E-state index in [1.807, 2.05) is 0 Å². The molecule has 0 aromatic carbocycles. The maximum atomic E-state index is 10.1. The predicted octanol–water partition coefficient (Wildman–Crippen LogP) is -5.40. The first-order valence-corrected chi connectivity index (χ1v) is 7.04. The summed E-state index contributed by atoms with van der Waals surface area (Å²) in [7, 11) is 0. The summed E-state index contributed by atoms with van der Waals surface area (Å²) in [5.74, 6) is -2.37. The average Bonchev–Trinajstić information content (AvgIpc) is 2.76. The predicted molar refractivity (Wildman–Crippen MR) is 68.6 cm³/mol. The minimum absolute atomic E-state index is 0.652. The molecular weight excluding hydrogens is 320 g/mol. The van der Waals surface area contributed by atoms with Gasteiger partial charge in [-0.3, -0.25) is 0 Å². The van der Waals surface area contributed by atoms with Gasteiger partial charge >= 0.3 is 0 Å². The summed E-state index contributed by atoms with van der Waals surface area (Å²) in [5, 5.41) is 76.5. The van der Waals surface area contributed by atoms with Gasteiger partial charge in [0.25, 0.3) is 0 Å². The van der Waals surface area contributed by atoms with E-state index in [0.29, 0.717) is 0 Å². The van der Waals surface area contributed by atoms with E-state index in [4.69, 9.17) is 24.4 Å². The lowest BCUT2D eigenvalue weighted by Crippen LogP contribution is -2.60. The molecule has 0 radical (unpaired) electrons. The molecule has 23 heavy (non-hydrogen) atoms. The molecule has 0 spiro atoms. The van der Waals surface area contributed by atoms with E-state index in [0.717, 1.165) is 0 Å². The van der Waals surface area contributed by atoms with Gasteiger partial charge in [-0.15, -0.1) is 0 Å². The van der Waals surface area contributed by atoms with Crippen LogP contribution in [0.3, 0.4) is 0 Å². The van der Waals surface area contributed by atoms with Crippen molar-refractivity contribution in [1.82, 2.24) is 0 Å². The van der Waals surface area contributed by atoms with Crippen molar-refractivity contribution in [2.24, 2.45) is 0 Å². The lowest BCUT2D eigenvalue weighted by atomic mass is 9.99. The van der Waals surface area contributed by atoms with E-state index < -0.39 is 74.6 Å². The Balaban J connectivity index is 1.99. The second-order valence-corrected chi connectivity index (χ2v) is 5.63. The van der Waals surface area contributed by atoms with Gasteiger partial charge < -0.3 is 55.1 Å². The van der Waals surface area contributed by atoms with Crippen molar-refractivity contribution in [3.63, 3.8) is 0 Å². The molecule has 0 aromatic heterocycles. The minimum Gasteiger partial charge on any atom is -0.394 e. The largest absolute Gasteiger partial charge is 0.394 e. The third kappa shape index (κ3) is 3.50. The van der Waals surface area contributed by atoms with Crippen molar-refractivity contribution < 1.29 is 55.1 Å². The van der Waals surface area contributed by atoms with E-state index in [2.05, 4.69) is 0 Å². The zero-order valence-corrected chi connectivity index (χ0v) is 12.0. The number of ether oxygens (including phenoxy) is 3. The number of aliphatic hydroxyl groups is 8. The molecule has 2 fully saturated rings. The van der Waals surface area contributed by atoms with Gasteiger partial charge in [0.1, 0.15) is 49.3 Å². The monoisotopic (exact) mass is 342 g/mol. The first-order valence-electron chi connectivity index (χ1n) is 7.04. The standard InChI is InChI=1S/C12H22O11/c13-1-4-6(15)8(17)9(18)11(22-4)21-3-12(20)10(19)7(16)5(2-14)23-12/h4-11,13-20H,1-3H2/t4-,5-,6-,7-,8+,9-,10+,11?,12+/m1/s1. The minimum atomic E-state index is -2.37. The molecule has 2 rings (SSSR count). The van der Waals surface area contributed by atoms with Crippen molar-refractivity contribution in [3.8, 4) is 0 Å². The molecule has 2 saturated heterocycles.